The molecule has 3 heteroatoms. The molecule has 4 aliphatic rings. The number of piperidine rings is 1. The molecule has 30 heavy (non-hydrogen) atoms. The SMILES string of the molecule is O=C(C1CCC1)N1CC[C@]23CCCC[C@H]2[C@H]1Cc1ccc(Oc2ccccc2)cc13. The summed E-state index contributed by atoms with van der Waals surface area (Å²) in [5.41, 5.74) is 3.21. The lowest BCUT2D eigenvalue weighted by molar-refractivity contribution is -0.147. The Kier molecular flexibility index (Phi) is 4.40. The number of nitrogens with zero attached hydrogens (tertiary/aromatic N) is 1. The van der Waals surface area contributed by atoms with Crippen molar-refractivity contribution in [3.05, 3.63) is 59.7 Å². The normalized spacial score (nSPS) is 30.1. The minimum Gasteiger partial charge on any atom is -0.457 e. The van der Waals surface area contributed by atoms with Crippen molar-refractivity contribution in [3.8, 4) is 11.5 Å². The highest BCUT2D eigenvalue weighted by Crippen LogP contribution is 2.56. The Morgan fingerprint density at radius 3 is 2.60 bits per heavy atom. The van der Waals surface area contributed by atoms with Crippen molar-refractivity contribution in [1.29, 1.82) is 0 Å². The van der Waals surface area contributed by atoms with E-state index in [2.05, 4.69) is 23.1 Å². The Balaban J connectivity index is 1.36. The summed E-state index contributed by atoms with van der Waals surface area (Å²) in [6.45, 7) is 0.944. The Morgan fingerprint density at radius 2 is 1.80 bits per heavy atom. The van der Waals surface area contributed by atoms with E-state index in [4.69, 9.17) is 4.74 Å². The molecule has 1 amide bonds. The lowest BCUT2D eigenvalue weighted by Gasteiger charge is -2.59. The van der Waals surface area contributed by atoms with Gasteiger partial charge < -0.3 is 9.64 Å². The van der Waals surface area contributed by atoms with Crippen molar-refractivity contribution in [2.45, 2.75) is 69.2 Å². The van der Waals surface area contributed by atoms with Crippen molar-refractivity contribution in [1.82, 2.24) is 4.90 Å². The Bertz CT molecular complexity index is 951. The van der Waals surface area contributed by atoms with Crippen LogP contribution in [0.5, 0.6) is 11.5 Å². The number of likely N-dealkylation sites (tertiary alicyclic amines) is 1. The van der Waals surface area contributed by atoms with Gasteiger partial charge in [0.15, 0.2) is 0 Å². The lowest BCUT2D eigenvalue weighted by atomic mass is 9.52. The van der Waals surface area contributed by atoms with Gasteiger partial charge in [0.1, 0.15) is 11.5 Å². The van der Waals surface area contributed by atoms with E-state index in [9.17, 15) is 4.79 Å². The third-order valence-electron chi connectivity index (χ3n) is 8.52. The van der Waals surface area contributed by atoms with E-state index in [-0.39, 0.29) is 5.41 Å². The maximum Gasteiger partial charge on any atom is 0.225 e. The minimum absolute atomic E-state index is 0.239. The molecule has 2 bridgehead atoms. The van der Waals surface area contributed by atoms with E-state index in [0.29, 0.717) is 23.8 Å². The number of hydrogen-bond donors (Lipinski definition) is 0. The average Bonchev–Trinajstić information content (AvgIpc) is 2.74. The summed E-state index contributed by atoms with van der Waals surface area (Å²) in [5.74, 6) is 3.22. The van der Waals surface area contributed by atoms with Crippen LogP contribution in [0.15, 0.2) is 48.5 Å². The summed E-state index contributed by atoms with van der Waals surface area (Å²) in [6.07, 6.45) is 10.7. The third kappa shape index (κ3) is 2.81. The van der Waals surface area contributed by atoms with Crippen LogP contribution in [-0.4, -0.2) is 23.4 Å². The van der Waals surface area contributed by atoms with Crippen LogP contribution in [0.3, 0.4) is 0 Å². The number of carbonyl (C=O) groups is 1. The molecule has 1 heterocycles. The molecule has 2 saturated carbocycles. The number of carbonyl (C=O) groups excluding carboxylic acids is 1. The molecular weight excluding hydrogens is 370 g/mol. The topological polar surface area (TPSA) is 29.5 Å². The molecule has 3 nitrogen and oxygen atoms in total. The van der Waals surface area contributed by atoms with Crippen LogP contribution < -0.4 is 4.74 Å². The molecule has 0 N–H and O–H groups in total. The number of fused-ring (bicyclic) bond motifs is 1. The first-order valence-electron chi connectivity index (χ1n) is 11.9. The van der Waals surface area contributed by atoms with Crippen LogP contribution in [-0.2, 0) is 16.6 Å². The standard InChI is InChI=1S/C27H31NO2/c29-26(19-7-6-8-19)28-16-15-27-14-5-4-11-23(27)25(28)17-20-12-13-22(18-24(20)27)30-21-9-2-1-3-10-21/h1-3,9-10,12-13,18-19,23,25H,4-8,11,14-17H2/t23-,25+,27+/m0/s1. The quantitative estimate of drug-likeness (QED) is 0.644. The highest BCUT2D eigenvalue weighted by Gasteiger charge is 2.55. The van der Waals surface area contributed by atoms with Gasteiger partial charge in [-0.2, -0.15) is 0 Å². The summed E-state index contributed by atoms with van der Waals surface area (Å²) in [6, 6.07) is 17.2. The molecule has 0 unspecified atom stereocenters. The largest absolute Gasteiger partial charge is 0.457 e. The molecule has 1 saturated heterocycles. The van der Waals surface area contributed by atoms with Gasteiger partial charge in [0.2, 0.25) is 5.91 Å². The van der Waals surface area contributed by atoms with Crippen molar-refractivity contribution in [2.24, 2.45) is 11.8 Å². The average molecular weight is 402 g/mol. The van der Waals surface area contributed by atoms with Crippen molar-refractivity contribution >= 4 is 5.91 Å². The fraction of sp³-hybridized carbons (Fsp3) is 0.519. The van der Waals surface area contributed by atoms with Crippen molar-refractivity contribution in [2.75, 3.05) is 6.54 Å². The highest BCUT2D eigenvalue weighted by atomic mass is 16.5. The number of para-hydroxylation sites is 1. The second kappa shape index (κ2) is 7.14. The van der Waals surface area contributed by atoms with E-state index < -0.39 is 0 Å². The smallest absolute Gasteiger partial charge is 0.225 e. The van der Waals surface area contributed by atoms with Crippen molar-refractivity contribution < 1.29 is 9.53 Å². The molecule has 0 spiro atoms. The number of ether oxygens (including phenoxy) is 1. The van der Waals surface area contributed by atoms with Crippen LogP contribution >= 0.6 is 0 Å². The maximum absolute atomic E-state index is 13.2. The van der Waals surface area contributed by atoms with Crippen LogP contribution in [0.4, 0.5) is 0 Å². The summed E-state index contributed by atoms with van der Waals surface area (Å²) in [4.78, 5) is 15.5. The molecule has 0 aromatic heterocycles. The van der Waals surface area contributed by atoms with Gasteiger partial charge in [-0.1, -0.05) is 43.5 Å². The predicted octanol–water partition coefficient (Wildman–Crippen LogP) is 5.86. The van der Waals surface area contributed by atoms with E-state index in [1.54, 1.807) is 0 Å². The minimum atomic E-state index is 0.239. The maximum atomic E-state index is 13.2. The summed E-state index contributed by atoms with van der Waals surface area (Å²) in [7, 11) is 0. The van der Waals surface area contributed by atoms with Gasteiger partial charge in [0, 0.05) is 23.9 Å². The van der Waals surface area contributed by atoms with Gasteiger partial charge in [-0.25, -0.2) is 0 Å². The van der Waals surface area contributed by atoms with E-state index in [0.717, 1.165) is 43.7 Å². The van der Waals surface area contributed by atoms with E-state index in [1.807, 2.05) is 30.3 Å². The van der Waals surface area contributed by atoms with E-state index in [1.165, 1.54) is 43.2 Å². The first kappa shape index (κ1) is 18.5. The second-order valence-corrected chi connectivity index (χ2v) is 9.92. The van der Waals surface area contributed by atoms with Gasteiger partial charge in [-0.15, -0.1) is 0 Å². The highest BCUT2D eigenvalue weighted by molar-refractivity contribution is 5.80. The summed E-state index contributed by atoms with van der Waals surface area (Å²) in [5, 5.41) is 0. The molecule has 2 aromatic rings. The predicted molar refractivity (Wildman–Crippen MR) is 118 cm³/mol. The number of rotatable bonds is 3. The van der Waals surface area contributed by atoms with Crippen LogP contribution in [0.2, 0.25) is 0 Å². The first-order valence-corrected chi connectivity index (χ1v) is 11.9. The number of amides is 1. The molecule has 156 valence electrons. The molecule has 2 aromatic carbocycles. The number of benzene rings is 2. The lowest BCUT2D eigenvalue weighted by Crippen LogP contribution is -2.63. The Morgan fingerprint density at radius 1 is 0.933 bits per heavy atom. The van der Waals surface area contributed by atoms with Crippen LogP contribution in [0.25, 0.3) is 0 Å². The third-order valence-corrected chi connectivity index (χ3v) is 8.52. The first-order chi connectivity index (χ1) is 14.7. The molecule has 1 aliphatic heterocycles. The number of hydrogen-bond acceptors (Lipinski definition) is 2. The molecule has 6 rings (SSSR count). The Labute approximate surface area is 179 Å². The summed E-state index contributed by atoms with van der Waals surface area (Å²) < 4.78 is 6.21. The van der Waals surface area contributed by atoms with Crippen LogP contribution in [0.1, 0.15) is 62.5 Å². The molecule has 0 radical (unpaired) electrons. The van der Waals surface area contributed by atoms with Gasteiger partial charge >= 0.3 is 0 Å². The zero-order valence-corrected chi connectivity index (χ0v) is 17.7. The van der Waals surface area contributed by atoms with Gasteiger partial charge in [0.05, 0.1) is 0 Å². The molecular formula is C27H31NO2. The molecule has 3 fully saturated rings. The molecule has 3 aliphatic carbocycles. The Hall–Kier alpha value is -2.29. The fourth-order valence-corrected chi connectivity index (χ4v) is 6.84. The molecule has 3 atom stereocenters. The second-order valence-electron chi connectivity index (χ2n) is 9.92. The van der Waals surface area contributed by atoms with Crippen molar-refractivity contribution in [3.63, 3.8) is 0 Å². The van der Waals surface area contributed by atoms with Crippen LogP contribution in [0, 0.1) is 11.8 Å². The monoisotopic (exact) mass is 401 g/mol. The van der Waals surface area contributed by atoms with E-state index >= 15 is 0 Å². The fourth-order valence-electron chi connectivity index (χ4n) is 6.84. The van der Waals surface area contributed by atoms with Gasteiger partial charge in [-0.05, 0) is 79.8 Å². The summed E-state index contributed by atoms with van der Waals surface area (Å²) >= 11 is 0. The zero-order chi connectivity index (χ0) is 20.1. The van der Waals surface area contributed by atoms with Gasteiger partial charge in [-0.3, -0.25) is 4.79 Å². The van der Waals surface area contributed by atoms with Gasteiger partial charge in [0.25, 0.3) is 0 Å². The zero-order valence-electron chi connectivity index (χ0n) is 17.7.